The monoisotopic (exact) mass is 184 g/mol. The Morgan fingerprint density at radius 2 is 2.08 bits per heavy atom. The van der Waals surface area contributed by atoms with E-state index in [0.29, 0.717) is 6.42 Å². The summed E-state index contributed by atoms with van der Waals surface area (Å²) in [5.74, 6) is -0.817. The van der Waals surface area contributed by atoms with Crippen molar-refractivity contribution in [1.82, 2.24) is 10.2 Å². The number of hydrogen-bond donors (Lipinski definition) is 1. The minimum Gasteiger partial charge on any atom is -0.275 e. The van der Waals surface area contributed by atoms with Gasteiger partial charge >= 0.3 is 6.03 Å². The molecule has 5 heteroatoms. The van der Waals surface area contributed by atoms with Gasteiger partial charge in [-0.3, -0.25) is 14.9 Å². The first-order valence-electron chi connectivity index (χ1n) is 4.09. The Bertz CT molecular complexity index is 287. The molecule has 1 saturated heterocycles. The molecule has 1 fully saturated rings. The molecule has 13 heavy (non-hydrogen) atoms. The Hall–Kier alpha value is -1.39. The lowest BCUT2D eigenvalue weighted by Gasteiger charge is -2.27. The molecule has 5 nitrogen and oxygen atoms in total. The summed E-state index contributed by atoms with van der Waals surface area (Å²) in [6.45, 7) is 4.61. The second kappa shape index (κ2) is 2.83. The number of rotatable bonds is 1. The lowest BCUT2D eigenvalue weighted by Crippen LogP contribution is -2.48. The van der Waals surface area contributed by atoms with Crippen LogP contribution in [0.3, 0.4) is 0 Å². The van der Waals surface area contributed by atoms with Gasteiger partial charge in [0.2, 0.25) is 5.91 Å². The first-order chi connectivity index (χ1) is 5.93. The second-order valence-corrected chi connectivity index (χ2v) is 3.24. The summed E-state index contributed by atoms with van der Waals surface area (Å²) in [5.41, 5.74) is -1.01. The van der Waals surface area contributed by atoms with Gasteiger partial charge in [0.1, 0.15) is 5.54 Å². The Morgan fingerprint density at radius 1 is 1.54 bits per heavy atom. The van der Waals surface area contributed by atoms with E-state index in [1.807, 2.05) is 0 Å². The summed E-state index contributed by atoms with van der Waals surface area (Å²) in [6.07, 6.45) is 0.421. The molecule has 0 spiro atoms. The van der Waals surface area contributed by atoms with E-state index >= 15 is 0 Å². The number of hydrogen-bond acceptors (Lipinski definition) is 3. The maximum absolute atomic E-state index is 11.3. The molecular formula is C8H12N2O3. The number of carbonyl (C=O) groups excluding carboxylic acids is 3. The van der Waals surface area contributed by atoms with Crippen molar-refractivity contribution in [1.29, 1.82) is 0 Å². The molecule has 1 rings (SSSR count). The minimum absolute atomic E-state index is 0.407. The van der Waals surface area contributed by atoms with Gasteiger partial charge in [0.25, 0.3) is 5.91 Å². The average molecular weight is 184 g/mol. The van der Waals surface area contributed by atoms with Crippen LogP contribution in [-0.4, -0.2) is 28.3 Å². The number of urea groups is 1. The molecule has 1 aliphatic heterocycles. The Labute approximate surface area is 76.1 Å². The third-order valence-electron chi connectivity index (χ3n) is 2.41. The smallest absolute Gasteiger partial charge is 0.275 e. The third kappa shape index (κ3) is 1.20. The van der Waals surface area contributed by atoms with E-state index in [2.05, 4.69) is 5.32 Å². The van der Waals surface area contributed by atoms with Gasteiger partial charge in [-0.2, -0.15) is 0 Å². The zero-order chi connectivity index (χ0) is 10.2. The van der Waals surface area contributed by atoms with E-state index < -0.39 is 23.4 Å². The normalized spacial score (nSPS) is 27.8. The molecule has 0 saturated carbocycles. The highest BCUT2D eigenvalue weighted by Crippen LogP contribution is 2.24. The van der Waals surface area contributed by atoms with Gasteiger partial charge in [-0.15, -0.1) is 0 Å². The van der Waals surface area contributed by atoms with Gasteiger partial charge < -0.3 is 0 Å². The van der Waals surface area contributed by atoms with E-state index in [-0.39, 0.29) is 0 Å². The molecule has 1 heterocycles. The van der Waals surface area contributed by atoms with E-state index in [1.54, 1.807) is 13.8 Å². The summed E-state index contributed by atoms with van der Waals surface area (Å²) in [5, 5.41) is 2.12. The van der Waals surface area contributed by atoms with E-state index in [1.165, 1.54) is 6.92 Å². The van der Waals surface area contributed by atoms with Gasteiger partial charge in [0.05, 0.1) is 0 Å². The van der Waals surface area contributed by atoms with Gasteiger partial charge in [0, 0.05) is 6.92 Å². The minimum atomic E-state index is -1.01. The maximum Gasteiger partial charge on any atom is 0.331 e. The number of nitrogens with one attached hydrogen (secondary N) is 1. The van der Waals surface area contributed by atoms with Crippen LogP contribution in [0, 0.1) is 0 Å². The van der Waals surface area contributed by atoms with E-state index in [0.717, 1.165) is 4.90 Å². The zero-order valence-corrected chi connectivity index (χ0v) is 7.88. The highest BCUT2D eigenvalue weighted by Gasteiger charge is 2.49. The SMILES string of the molecule is CC[C@@]1(C)C(=O)NC(=O)N1C(C)=O. The van der Waals surface area contributed by atoms with Gasteiger partial charge in [-0.1, -0.05) is 6.92 Å². The third-order valence-corrected chi connectivity index (χ3v) is 2.41. The molecule has 0 radical (unpaired) electrons. The van der Waals surface area contributed by atoms with Crippen molar-refractivity contribution in [2.75, 3.05) is 0 Å². The Balaban J connectivity index is 3.11. The predicted octanol–water partition coefficient (Wildman–Crippen LogP) is 0.253. The number of carbonyl (C=O) groups is 3. The standard InChI is InChI=1S/C8H12N2O3/c1-4-8(3)6(12)9-7(13)10(8)5(2)11/h4H2,1-3H3,(H,9,12,13)/t8-/m0/s1. The number of amides is 4. The van der Waals surface area contributed by atoms with Gasteiger partial charge in [-0.05, 0) is 13.3 Å². The molecule has 0 aromatic heterocycles. The van der Waals surface area contributed by atoms with Crippen LogP contribution in [0.2, 0.25) is 0 Å². The molecule has 0 unspecified atom stereocenters. The quantitative estimate of drug-likeness (QED) is 0.594. The van der Waals surface area contributed by atoms with Crippen LogP contribution < -0.4 is 5.32 Å². The lowest BCUT2D eigenvalue weighted by atomic mass is 9.97. The van der Waals surface area contributed by atoms with Crippen molar-refractivity contribution in [3.05, 3.63) is 0 Å². The largest absolute Gasteiger partial charge is 0.331 e. The van der Waals surface area contributed by atoms with Gasteiger partial charge in [0.15, 0.2) is 0 Å². The Morgan fingerprint density at radius 3 is 2.38 bits per heavy atom. The first-order valence-corrected chi connectivity index (χ1v) is 4.09. The average Bonchev–Trinajstić information content (AvgIpc) is 2.24. The number of imide groups is 2. The van der Waals surface area contributed by atoms with Crippen LogP contribution in [0.25, 0.3) is 0 Å². The predicted molar refractivity (Wildman–Crippen MR) is 44.8 cm³/mol. The van der Waals surface area contributed by atoms with Crippen LogP contribution in [0.15, 0.2) is 0 Å². The summed E-state index contributed by atoms with van der Waals surface area (Å²) < 4.78 is 0. The van der Waals surface area contributed by atoms with Crippen molar-refractivity contribution in [2.45, 2.75) is 32.7 Å². The summed E-state index contributed by atoms with van der Waals surface area (Å²) in [6, 6.07) is -0.623. The highest BCUT2D eigenvalue weighted by molar-refractivity contribution is 6.13. The van der Waals surface area contributed by atoms with Crippen molar-refractivity contribution >= 4 is 17.8 Å². The van der Waals surface area contributed by atoms with Crippen LogP contribution in [0.4, 0.5) is 4.79 Å². The summed E-state index contributed by atoms with van der Waals surface area (Å²) in [4.78, 5) is 34.6. The summed E-state index contributed by atoms with van der Waals surface area (Å²) in [7, 11) is 0. The first kappa shape index (κ1) is 9.70. The zero-order valence-electron chi connectivity index (χ0n) is 7.88. The highest BCUT2D eigenvalue weighted by atomic mass is 16.2. The lowest BCUT2D eigenvalue weighted by molar-refractivity contribution is -0.136. The van der Waals surface area contributed by atoms with E-state index in [9.17, 15) is 14.4 Å². The molecule has 1 atom stereocenters. The van der Waals surface area contributed by atoms with Crippen LogP contribution in [0.5, 0.6) is 0 Å². The van der Waals surface area contributed by atoms with Crippen molar-refractivity contribution in [2.24, 2.45) is 0 Å². The molecule has 0 aliphatic carbocycles. The summed E-state index contributed by atoms with van der Waals surface area (Å²) >= 11 is 0. The fourth-order valence-electron chi connectivity index (χ4n) is 1.42. The van der Waals surface area contributed by atoms with Crippen molar-refractivity contribution < 1.29 is 14.4 Å². The molecule has 1 N–H and O–H groups in total. The fourth-order valence-corrected chi connectivity index (χ4v) is 1.42. The van der Waals surface area contributed by atoms with Crippen molar-refractivity contribution in [3.8, 4) is 0 Å². The van der Waals surface area contributed by atoms with Crippen LogP contribution in [0.1, 0.15) is 27.2 Å². The molecule has 1 aliphatic rings. The van der Waals surface area contributed by atoms with Crippen LogP contribution in [-0.2, 0) is 9.59 Å². The Kier molecular flexibility index (Phi) is 2.11. The second-order valence-electron chi connectivity index (χ2n) is 3.24. The maximum atomic E-state index is 11.3. The topological polar surface area (TPSA) is 66.5 Å². The molecule has 0 bridgehead atoms. The van der Waals surface area contributed by atoms with Crippen LogP contribution >= 0.6 is 0 Å². The molecule has 4 amide bonds. The van der Waals surface area contributed by atoms with Crippen molar-refractivity contribution in [3.63, 3.8) is 0 Å². The molecule has 72 valence electrons. The van der Waals surface area contributed by atoms with Gasteiger partial charge in [-0.25, -0.2) is 9.69 Å². The van der Waals surface area contributed by atoms with E-state index in [4.69, 9.17) is 0 Å². The molecule has 0 aromatic carbocycles. The fraction of sp³-hybridized carbons (Fsp3) is 0.625. The molecular weight excluding hydrogens is 172 g/mol. The molecule has 0 aromatic rings. The number of nitrogens with zero attached hydrogens (tertiary/aromatic N) is 1.